The summed E-state index contributed by atoms with van der Waals surface area (Å²) in [6.45, 7) is 0. The zero-order valence-corrected chi connectivity index (χ0v) is 13.6. The van der Waals surface area contributed by atoms with E-state index in [9.17, 15) is 0 Å². The summed E-state index contributed by atoms with van der Waals surface area (Å²) in [5.74, 6) is 1.33. The lowest BCUT2D eigenvalue weighted by Gasteiger charge is -2.09. The summed E-state index contributed by atoms with van der Waals surface area (Å²) in [5.41, 5.74) is 0. The van der Waals surface area contributed by atoms with E-state index in [1.54, 1.807) is 0 Å². The van der Waals surface area contributed by atoms with Crippen LogP contribution in [-0.4, -0.2) is 5.24 Å². The van der Waals surface area contributed by atoms with Crippen molar-refractivity contribution >= 4 is 39.0 Å². The highest BCUT2D eigenvalue weighted by atomic mass is 32.1. The van der Waals surface area contributed by atoms with E-state index < -0.39 is 0 Å². The largest absolute Gasteiger partial charge is 0.417 e. The molecule has 3 heteroatoms. The van der Waals surface area contributed by atoms with E-state index in [0.29, 0.717) is 11.5 Å². The molecule has 0 aliphatic heterocycles. The molecule has 0 aliphatic rings. The number of hydrogen-bond donors (Lipinski definition) is 0. The first-order valence-electron chi connectivity index (χ1n) is 7.65. The van der Waals surface area contributed by atoms with Gasteiger partial charge in [-0.05, 0) is 45.8 Å². The zero-order valence-electron chi connectivity index (χ0n) is 12.8. The number of fused-ring (bicyclic) bond motifs is 2. The zero-order chi connectivity index (χ0) is 16.4. The van der Waals surface area contributed by atoms with Gasteiger partial charge < -0.3 is 9.47 Å². The summed E-state index contributed by atoms with van der Waals surface area (Å²) >= 11 is 5.22. The third-order valence-electron chi connectivity index (χ3n) is 3.84. The van der Waals surface area contributed by atoms with E-state index in [0.717, 1.165) is 21.5 Å². The summed E-state index contributed by atoms with van der Waals surface area (Å²) in [6.07, 6.45) is 0. The van der Waals surface area contributed by atoms with Crippen LogP contribution in [0, 0.1) is 0 Å². The predicted octanol–water partition coefficient (Wildman–Crippen LogP) is 5.74. The fraction of sp³-hybridized carbons (Fsp3) is 0. The van der Waals surface area contributed by atoms with Crippen LogP contribution in [0.3, 0.4) is 0 Å². The molecule has 4 aromatic rings. The Morgan fingerprint density at radius 2 is 0.958 bits per heavy atom. The van der Waals surface area contributed by atoms with Crippen molar-refractivity contribution in [1.82, 2.24) is 0 Å². The Morgan fingerprint density at radius 1 is 0.542 bits per heavy atom. The first-order chi connectivity index (χ1) is 11.8. The van der Waals surface area contributed by atoms with E-state index >= 15 is 0 Å². The molecular formula is C21H14O2S. The fourth-order valence-electron chi connectivity index (χ4n) is 2.68. The van der Waals surface area contributed by atoms with Gasteiger partial charge in [-0.3, -0.25) is 0 Å². The molecule has 0 saturated heterocycles. The Labute approximate surface area is 145 Å². The summed E-state index contributed by atoms with van der Waals surface area (Å²) in [4.78, 5) is 0. The van der Waals surface area contributed by atoms with Crippen LogP contribution in [0.4, 0.5) is 0 Å². The average Bonchev–Trinajstić information content (AvgIpc) is 2.61. The average molecular weight is 330 g/mol. The highest BCUT2D eigenvalue weighted by Gasteiger charge is 2.05. The quantitative estimate of drug-likeness (QED) is 0.437. The maximum absolute atomic E-state index is 5.65. The van der Waals surface area contributed by atoms with E-state index in [1.807, 2.05) is 72.8 Å². The van der Waals surface area contributed by atoms with E-state index in [4.69, 9.17) is 21.7 Å². The molecule has 4 aromatic carbocycles. The van der Waals surface area contributed by atoms with Crippen molar-refractivity contribution in [1.29, 1.82) is 0 Å². The van der Waals surface area contributed by atoms with Crippen molar-refractivity contribution in [3.8, 4) is 11.5 Å². The third kappa shape index (κ3) is 3.07. The maximum atomic E-state index is 5.65. The molecule has 0 aliphatic carbocycles. The molecule has 4 rings (SSSR count). The molecule has 0 bridgehead atoms. The van der Waals surface area contributed by atoms with E-state index in [2.05, 4.69) is 12.1 Å². The van der Waals surface area contributed by atoms with Crippen LogP contribution >= 0.6 is 12.2 Å². The molecular weight excluding hydrogens is 316 g/mol. The van der Waals surface area contributed by atoms with Crippen LogP contribution < -0.4 is 9.47 Å². The first kappa shape index (κ1) is 14.7. The van der Waals surface area contributed by atoms with Gasteiger partial charge in [-0.2, -0.15) is 0 Å². The molecule has 0 fully saturated rings. The lowest BCUT2D eigenvalue weighted by Crippen LogP contribution is -2.13. The van der Waals surface area contributed by atoms with Gasteiger partial charge in [0.05, 0.1) is 0 Å². The minimum absolute atomic E-state index is 0.0839. The van der Waals surface area contributed by atoms with Crippen LogP contribution in [0.25, 0.3) is 21.5 Å². The van der Waals surface area contributed by atoms with Gasteiger partial charge in [0.2, 0.25) is 0 Å². The lowest BCUT2D eigenvalue weighted by atomic mass is 10.1. The molecule has 0 N–H and O–H groups in total. The highest BCUT2D eigenvalue weighted by Crippen LogP contribution is 2.23. The highest BCUT2D eigenvalue weighted by molar-refractivity contribution is 7.79. The number of ether oxygens (including phenoxy) is 2. The van der Waals surface area contributed by atoms with Crippen LogP contribution in [0.2, 0.25) is 0 Å². The van der Waals surface area contributed by atoms with E-state index in [-0.39, 0.29) is 5.24 Å². The summed E-state index contributed by atoms with van der Waals surface area (Å²) < 4.78 is 11.3. The Morgan fingerprint density at radius 3 is 1.42 bits per heavy atom. The van der Waals surface area contributed by atoms with Gasteiger partial charge in [-0.1, -0.05) is 60.7 Å². The van der Waals surface area contributed by atoms with Gasteiger partial charge in [0.15, 0.2) is 0 Å². The third-order valence-corrected chi connectivity index (χ3v) is 4.01. The second kappa shape index (κ2) is 6.30. The SMILES string of the molecule is S=C(Oc1ccc2ccccc2c1)Oc1ccc2ccccc2c1. The van der Waals surface area contributed by atoms with Crippen LogP contribution in [0.15, 0.2) is 84.9 Å². The molecule has 0 aromatic heterocycles. The molecule has 0 atom stereocenters. The van der Waals surface area contributed by atoms with Crippen molar-refractivity contribution in [3.63, 3.8) is 0 Å². The molecule has 2 nitrogen and oxygen atoms in total. The Bertz CT molecular complexity index is 957. The smallest absolute Gasteiger partial charge is 0.363 e. The molecule has 0 saturated carbocycles. The Hall–Kier alpha value is -2.91. The molecule has 24 heavy (non-hydrogen) atoms. The minimum Gasteiger partial charge on any atom is -0.417 e. The summed E-state index contributed by atoms with van der Waals surface area (Å²) in [7, 11) is 0. The van der Waals surface area contributed by atoms with E-state index in [1.165, 1.54) is 0 Å². The minimum atomic E-state index is 0.0839. The standard InChI is InChI=1S/C21H14O2S/c24-21(22-19-11-9-15-5-1-3-7-17(15)13-19)23-20-12-10-16-6-2-4-8-18(16)14-20/h1-14H. The second-order valence-corrected chi connectivity index (χ2v) is 5.81. The molecule has 0 unspecified atom stereocenters. The van der Waals surface area contributed by atoms with Crippen molar-refractivity contribution in [3.05, 3.63) is 84.9 Å². The van der Waals surface area contributed by atoms with Gasteiger partial charge in [-0.15, -0.1) is 0 Å². The first-order valence-corrected chi connectivity index (χ1v) is 8.06. The predicted molar refractivity (Wildman–Crippen MR) is 102 cm³/mol. The summed E-state index contributed by atoms with van der Waals surface area (Å²) in [6, 6.07) is 27.9. The van der Waals surface area contributed by atoms with Gasteiger partial charge >= 0.3 is 5.24 Å². The number of rotatable bonds is 2. The maximum Gasteiger partial charge on any atom is 0.363 e. The second-order valence-electron chi connectivity index (χ2n) is 5.47. The topological polar surface area (TPSA) is 18.5 Å². The Balaban J connectivity index is 1.52. The monoisotopic (exact) mass is 330 g/mol. The molecule has 0 radical (unpaired) electrons. The normalized spacial score (nSPS) is 10.7. The van der Waals surface area contributed by atoms with Crippen LogP contribution in [0.5, 0.6) is 11.5 Å². The van der Waals surface area contributed by atoms with Crippen molar-refractivity contribution < 1.29 is 9.47 Å². The molecule has 0 heterocycles. The molecule has 116 valence electrons. The van der Waals surface area contributed by atoms with Gasteiger partial charge in [0, 0.05) is 12.2 Å². The Kier molecular flexibility index (Phi) is 3.85. The van der Waals surface area contributed by atoms with Crippen molar-refractivity contribution in [2.75, 3.05) is 0 Å². The lowest BCUT2D eigenvalue weighted by molar-refractivity contribution is 0.404. The van der Waals surface area contributed by atoms with Crippen molar-refractivity contribution in [2.24, 2.45) is 0 Å². The van der Waals surface area contributed by atoms with Crippen LogP contribution in [0.1, 0.15) is 0 Å². The number of hydrogen-bond acceptors (Lipinski definition) is 3. The molecule has 0 spiro atoms. The van der Waals surface area contributed by atoms with Gasteiger partial charge in [0.1, 0.15) is 11.5 Å². The number of thiocarbonyl (C=S) groups is 1. The fourth-order valence-corrected chi connectivity index (χ4v) is 2.87. The summed E-state index contributed by atoms with van der Waals surface area (Å²) in [5, 5.41) is 4.60. The molecule has 0 amide bonds. The van der Waals surface area contributed by atoms with Gasteiger partial charge in [-0.25, -0.2) is 0 Å². The van der Waals surface area contributed by atoms with Gasteiger partial charge in [0.25, 0.3) is 0 Å². The van der Waals surface area contributed by atoms with Crippen LogP contribution in [-0.2, 0) is 0 Å². The van der Waals surface area contributed by atoms with Crippen molar-refractivity contribution in [2.45, 2.75) is 0 Å². The number of benzene rings is 4.